The molecule has 0 N–H and O–H groups in total. The molecule has 0 radical (unpaired) electrons. The summed E-state index contributed by atoms with van der Waals surface area (Å²) in [4.78, 5) is 0. The van der Waals surface area contributed by atoms with Gasteiger partial charge in [-0.25, -0.2) is 0 Å². The van der Waals surface area contributed by atoms with Crippen LogP contribution in [0.25, 0.3) is 0 Å². The number of fused-ring (bicyclic) bond motifs is 1. The van der Waals surface area contributed by atoms with Crippen molar-refractivity contribution in [2.24, 2.45) is 34.5 Å². The normalized spacial score (nSPS) is 62.2. The maximum absolute atomic E-state index is 6.01. The van der Waals surface area contributed by atoms with Crippen LogP contribution in [0, 0.1) is 34.5 Å². The lowest BCUT2D eigenvalue weighted by atomic mass is 9.52. The minimum Gasteiger partial charge on any atom is -0.496 e. The van der Waals surface area contributed by atoms with Crippen molar-refractivity contribution in [3.8, 4) is 11.5 Å². The summed E-state index contributed by atoms with van der Waals surface area (Å²) in [5.74, 6) is 7.63. The van der Waals surface area contributed by atoms with Gasteiger partial charge in [-0.05, 0) is 71.3 Å². The van der Waals surface area contributed by atoms with Crippen molar-refractivity contribution in [3.63, 3.8) is 0 Å². The number of ether oxygens (including phenoxy) is 3. The highest BCUT2D eigenvalue weighted by Crippen LogP contribution is 3.07. The van der Waals surface area contributed by atoms with Crippen LogP contribution in [0.4, 0.5) is 0 Å². The van der Waals surface area contributed by atoms with Gasteiger partial charge in [-0.1, -0.05) is 0 Å². The summed E-state index contributed by atoms with van der Waals surface area (Å²) in [6.07, 6.45) is 3.85. The molecule has 1 heterocycles. The van der Waals surface area contributed by atoms with Gasteiger partial charge in [0.25, 0.3) is 0 Å². The van der Waals surface area contributed by atoms with E-state index in [2.05, 4.69) is 12.1 Å². The largest absolute Gasteiger partial charge is 0.496 e. The minimum absolute atomic E-state index is 0.575. The Morgan fingerprint density at radius 2 is 1.39 bits per heavy atom. The lowest BCUT2D eigenvalue weighted by Gasteiger charge is -2.50. The van der Waals surface area contributed by atoms with Gasteiger partial charge in [0.1, 0.15) is 11.5 Å². The molecule has 8 aliphatic rings. The first-order chi connectivity index (χ1) is 11.3. The van der Waals surface area contributed by atoms with Crippen LogP contribution >= 0.6 is 0 Å². The van der Waals surface area contributed by atoms with Gasteiger partial charge in [0.15, 0.2) is 0 Å². The lowest BCUT2D eigenvalue weighted by molar-refractivity contribution is 0.101. The summed E-state index contributed by atoms with van der Waals surface area (Å²) < 4.78 is 17.7. The number of hydrogen-bond donors (Lipinski definition) is 0. The van der Waals surface area contributed by atoms with Crippen molar-refractivity contribution in [2.45, 2.75) is 36.9 Å². The van der Waals surface area contributed by atoms with Crippen molar-refractivity contribution in [2.75, 3.05) is 14.2 Å². The second kappa shape index (κ2) is 2.81. The van der Waals surface area contributed by atoms with E-state index in [1.54, 1.807) is 0 Å². The Morgan fingerprint density at radius 3 is 1.87 bits per heavy atom. The predicted octanol–water partition coefficient (Wildman–Crippen LogP) is 2.94. The average molecular weight is 308 g/mol. The number of methoxy groups -OCH3 is 2. The Kier molecular flexibility index (Phi) is 1.39. The first-order valence-electron chi connectivity index (χ1n) is 9.20. The van der Waals surface area contributed by atoms with Crippen LogP contribution in [0.15, 0.2) is 12.1 Å². The van der Waals surface area contributed by atoms with Gasteiger partial charge in [-0.15, -0.1) is 0 Å². The van der Waals surface area contributed by atoms with E-state index >= 15 is 0 Å². The third-order valence-corrected chi connectivity index (χ3v) is 9.38. The molecule has 1 aromatic carbocycles. The van der Waals surface area contributed by atoms with E-state index in [1.807, 2.05) is 14.2 Å². The van der Waals surface area contributed by atoms with Gasteiger partial charge in [0.05, 0.1) is 26.4 Å². The number of epoxide rings is 1. The Bertz CT molecular complexity index is 767. The maximum atomic E-state index is 6.01. The summed E-state index contributed by atoms with van der Waals surface area (Å²) in [6, 6.07) is 4.29. The zero-order valence-corrected chi connectivity index (χ0v) is 13.4. The number of rotatable bonds is 2. The highest BCUT2D eigenvalue weighted by atomic mass is 16.6. The lowest BCUT2D eigenvalue weighted by Crippen LogP contribution is -2.43. The van der Waals surface area contributed by atoms with Crippen molar-refractivity contribution in [1.82, 2.24) is 0 Å². The van der Waals surface area contributed by atoms with Crippen LogP contribution in [0.2, 0.25) is 0 Å². The van der Waals surface area contributed by atoms with Crippen molar-refractivity contribution in [1.29, 1.82) is 0 Å². The number of hydrogen-bond acceptors (Lipinski definition) is 3. The van der Waals surface area contributed by atoms with E-state index in [1.165, 1.54) is 24.0 Å². The van der Waals surface area contributed by atoms with E-state index in [0.717, 1.165) is 47.0 Å². The fourth-order valence-electron chi connectivity index (χ4n) is 9.33. The zero-order chi connectivity index (χ0) is 14.9. The molecule has 3 nitrogen and oxygen atoms in total. The van der Waals surface area contributed by atoms with Gasteiger partial charge < -0.3 is 14.2 Å². The van der Waals surface area contributed by atoms with Gasteiger partial charge in [-0.3, -0.25) is 0 Å². The zero-order valence-electron chi connectivity index (χ0n) is 13.4. The highest BCUT2D eigenvalue weighted by Gasteiger charge is 3.03. The fourth-order valence-corrected chi connectivity index (χ4v) is 9.33. The summed E-state index contributed by atoms with van der Waals surface area (Å²) >= 11 is 0. The van der Waals surface area contributed by atoms with Crippen LogP contribution in [-0.4, -0.2) is 26.4 Å². The molecular weight excluding hydrogens is 288 g/mol. The first kappa shape index (κ1) is 11.4. The quantitative estimate of drug-likeness (QED) is 0.787. The monoisotopic (exact) mass is 308 g/mol. The summed E-state index contributed by atoms with van der Waals surface area (Å²) in [6.45, 7) is 0. The van der Waals surface area contributed by atoms with Gasteiger partial charge in [-0.2, -0.15) is 0 Å². The molecule has 8 atom stereocenters. The Morgan fingerprint density at radius 1 is 0.870 bits per heavy atom. The molecule has 2 spiro atoms. The van der Waals surface area contributed by atoms with E-state index in [-0.39, 0.29) is 0 Å². The number of benzene rings is 1. The standard InChI is InChI=1S/C20H20O3/c1-21-7-3-4-8(22-2)12-11(7)16-13-14-15(13)18-19(16)5-9-10(23-9)6-20(18,19)17(12)14/h3-4,9-10,13-18H,5-6H2,1-2H3/t9-,10-,13+,14+,15?,16-,17-,18?,19-,20-/m0/s1. The average Bonchev–Trinajstić information content (AvgIpc) is 3.48. The highest BCUT2D eigenvalue weighted by molar-refractivity contribution is 5.69. The molecule has 0 unspecified atom stereocenters. The van der Waals surface area contributed by atoms with E-state index in [9.17, 15) is 0 Å². The molecule has 1 aromatic rings. The maximum Gasteiger partial charge on any atom is 0.122 e. The predicted molar refractivity (Wildman–Crippen MR) is 81.7 cm³/mol. The third kappa shape index (κ3) is 0.782. The van der Waals surface area contributed by atoms with E-state index in [0.29, 0.717) is 23.0 Å². The molecular formula is C20H20O3. The van der Waals surface area contributed by atoms with Crippen LogP contribution in [0.5, 0.6) is 11.5 Å². The first-order valence-corrected chi connectivity index (χ1v) is 9.20. The Balaban J connectivity index is 1.48. The summed E-state index contributed by atoms with van der Waals surface area (Å²) in [5, 5.41) is 0. The van der Waals surface area contributed by atoms with Gasteiger partial charge >= 0.3 is 0 Å². The second-order valence-electron chi connectivity index (χ2n) is 9.16. The fraction of sp³-hybridized carbons (Fsp3) is 0.700. The van der Waals surface area contributed by atoms with Crippen LogP contribution < -0.4 is 9.47 Å². The molecule has 23 heavy (non-hydrogen) atoms. The van der Waals surface area contributed by atoms with Crippen molar-refractivity contribution >= 4 is 0 Å². The van der Waals surface area contributed by atoms with E-state index < -0.39 is 0 Å². The molecule has 118 valence electrons. The van der Waals surface area contributed by atoms with Crippen LogP contribution in [-0.2, 0) is 4.74 Å². The second-order valence-corrected chi connectivity index (χ2v) is 9.16. The molecule has 5 saturated carbocycles. The SMILES string of the molecule is COc1ccc(OC)c2c1[C@H]1[C@H]3C4C5[C@]16C[C@@H]1O[C@H]1C[C@]56[C@@H]2[C@@H]43. The Hall–Kier alpha value is -1.22. The topological polar surface area (TPSA) is 31.0 Å². The van der Waals surface area contributed by atoms with Gasteiger partial charge in [0, 0.05) is 11.1 Å². The van der Waals surface area contributed by atoms with Gasteiger partial charge in [0.2, 0.25) is 0 Å². The van der Waals surface area contributed by atoms with Crippen LogP contribution in [0.3, 0.4) is 0 Å². The molecule has 1 saturated heterocycles. The molecule has 6 fully saturated rings. The molecule has 2 bridgehead atoms. The molecule has 0 aromatic heterocycles. The molecule has 9 rings (SSSR count). The molecule has 7 aliphatic carbocycles. The minimum atomic E-state index is 0.575. The summed E-state index contributed by atoms with van der Waals surface area (Å²) in [7, 11) is 3.67. The van der Waals surface area contributed by atoms with E-state index in [4.69, 9.17) is 14.2 Å². The van der Waals surface area contributed by atoms with Crippen LogP contribution in [0.1, 0.15) is 35.8 Å². The smallest absolute Gasteiger partial charge is 0.122 e. The Labute approximate surface area is 135 Å². The molecule has 0 amide bonds. The molecule has 3 heteroatoms. The third-order valence-electron chi connectivity index (χ3n) is 9.38. The van der Waals surface area contributed by atoms with Crippen molar-refractivity contribution < 1.29 is 14.2 Å². The van der Waals surface area contributed by atoms with Crippen molar-refractivity contribution in [3.05, 3.63) is 23.3 Å². The molecule has 1 aliphatic heterocycles. The summed E-state index contributed by atoms with van der Waals surface area (Å²) in [5.41, 5.74) is 4.23.